The number of anilines is 3. The van der Waals surface area contributed by atoms with E-state index in [1.54, 1.807) is 42.5 Å². The van der Waals surface area contributed by atoms with E-state index in [4.69, 9.17) is 11.6 Å². The van der Waals surface area contributed by atoms with Gasteiger partial charge in [0.2, 0.25) is 5.91 Å². The summed E-state index contributed by atoms with van der Waals surface area (Å²) in [6.07, 6.45) is 4.06. The summed E-state index contributed by atoms with van der Waals surface area (Å²) in [5.41, 5.74) is 1.46. The smallest absolute Gasteiger partial charge is 0.264 e. The summed E-state index contributed by atoms with van der Waals surface area (Å²) in [6.45, 7) is 3.65. The third-order valence-electron chi connectivity index (χ3n) is 5.78. The van der Waals surface area contributed by atoms with Crippen LogP contribution in [0.25, 0.3) is 0 Å². The van der Waals surface area contributed by atoms with Gasteiger partial charge in [-0.3, -0.25) is 9.52 Å². The van der Waals surface area contributed by atoms with Gasteiger partial charge in [0.25, 0.3) is 10.0 Å². The molecule has 4 rings (SSSR count). The maximum Gasteiger partial charge on any atom is 0.264 e. The Morgan fingerprint density at radius 2 is 1.80 bits per heavy atom. The lowest BCUT2D eigenvalue weighted by Crippen LogP contribution is -2.31. The number of piperidine rings is 1. The van der Waals surface area contributed by atoms with Crippen LogP contribution in [0.1, 0.15) is 32.6 Å². The minimum absolute atomic E-state index is 0.00748. The highest BCUT2D eigenvalue weighted by molar-refractivity contribution is 7.93. The molecular formula is C22H26ClN3O3S. The van der Waals surface area contributed by atoms with E-state index in [-0.39, 0.29) is 16.7 Å². The molecule has 2 aromatic carbocycles. The molecule has 160 valence electrons. The van der Waals surface area contributed by atoms with Gasteiger partial charge in [0.1, 0.15) is 4.90 Å². The summed E-state index contributed by atoms with van der Waals surface area (Å²) in [7, 11) is -3.92. The first-order chi connectivity index (χ1) is 14.3. The molecule has 1 heterocycles. The van der Waals surface area contributed by atoms with Gasteiger partial charge in [-0.25, -0.2) is 8.42 Å². The van der Waals surface area contributed by atoms with Gasteiger partial charge in [0, 0.05) is 24.7 Å². The predicted octanol–water partition coefficient (Wildman–Crippen LogP) is 4.73. The molecule has 2 fully saturated rings. The van der Waals surface area contributed by atoms with Crippen molar-refractivity contribution in [3.8, 4) is 0 Å². The fourth-order valence-electron chi connectivity index (χ4n) is 3.87. The second-order valence-electron chi connectivity index (χ2n) is 8.12. The van der Waals surface area contributed by atoms with Crippen LogP contribution in [-0.2, 0) is 14.8 Å². The number of amides is 1. The van der Waals surface area contributed by atoms with Gasteiger partial charge in [-0.2, -0.15) is 0 Å². The fourth-order valence-corrected chi connectivity index (χ4v) is 5.44. The highest BCUT2D eigenvalue weighted by Gasteiger charge is 2.39. The standard InChI is InChI=1S/C22H26ClN3O3S/c1-15-13-17(15)22(27)24-16-9-10-20(26-11-5-2-6-12-26)21(14-16)30(28,29)25-19-8-4-3-7-18(19)23/h3-4,7-10,14-15,17,25H,2,5-6,11-13H2,1H3,(H,24,27)/t15-,17+/m1/s1. The molecule has 1 aliphatic heterocycles. The van der Waals surface area contributed by atoms with E-state index >= 15 is 0 Å². The molecule has 1 saturated carbocycles. The highest BCUT2D eigenvalue weighted by Crippen LogP contribution is 2.39. The molecule has 6 nitrogen and oxygen atoms in total. The zero-order chi connectivity index (χ0) is 21.3. The Hall–Kier alpha value is -2.25. The van der Waals surface area contributed by atoms with Crippen molar-refractivity contribution < 1.29 is 13.2 Å². The molecule has 1 amide bonds. The molecular weight excluding hydrogens is 422 g/mol. The maximum atomic E-state index is 13.3. The monoisotopic (exact) mass is 447 g/mol. The van der Waals surface area contributed by atoms with Crippen molar-refractivity contribution in [2.75, 3.05) is 28.0 Å². The van der Waals surface area contributed by atoms with Crippen molar-refractivity contribution >= 4 is 44.6 Å². The third kappa shape index (κ3) is 4.57. The molecule has 2 aromatic rings. The van der Waals surface area contributed by atoms with Gasteiger partial charge in [0.15, 0.2) is 0 Å². The summed E-state index contributed by atoms with van der Waals surface area (Å²) in [5.74, 6) is 0.325. The molecule has 0 radical (unpaired) electrons. The highest BCUT2D eigenvalue weighted by atomic mass is 35.5. The third-order valence-corrected chi connectivity index (χ3v) is 7.50. The van der Waals surface area contributed by atoms with E-state index in [1.165, 1.54) is 0 Å². The molecule has 1 saturated heterocycles. The van der Waals surface area contributed by atoms with Gasteiger partial charge in [-0.1, -0.05) is 30.7 Å². The molecule has 0 bridgehead atoms. The summed E-state index contributed by atoms with van der Waals surface area (Å²) in [6, 6.07) is 11.9. The molecule has 2 atom stereocenters. The van der Waals surface area contributed by atoms with Crippen LogP contribution in [0.2, 0.25) is 5.02 Å². The number of benzene rings is 2. The van der Waals surface area contributed by atoms with Crippen molar-refractivity contribution in [3.05, 3.63) is 47.5 Å². The number of rotatable bonds is 6. The first-order valence-electron chi connectivity index (χ1n) is 10.3. The molecule has 2 N–H and O–H groups in total. The number of carbonyl (C=O) groups excluding carboxylic acids is 1. The number of halogens is 1. The summed E-state index contributed by atoms with van der Waals surface area (Å²) in [4.78, 5) is 14.6. The van der Waals surface area contributed by atoms with Crippen LogP contribution in [0.3, 0.4) is 0 Å². The largest absolute Gasteiger partial charge is 0.370 e. The second kappa shape index (κ2) is 8.47. The second-order valence-corrected chi connectivity index (χ2v) is 10.2. The van der Waals surface area contributed by atoms with Crippen molar-refractivity contribution in [1.29, 1.82) is 0 Å². The number of para-hydroxylation sites is 1. The average Bonchev–Trinajstić information content (AvgIpc) is 3.47. The van der Waals surface area contributed by atoms with Crippen LogP contribution in [0.4, 0.5) is 17.1 Å². The average molecular weight is 448 g/mol. The summed E-state index contributed by atoms with van der Waals surface area (Å²) in [5, 5.41) is 3.20. The molecule has 30 heavy (non-hydrogen) atoms. The Balaban J connectivity index is 1.68. The lowest BCUT2D eigenvalue weighted by Gasteiger charge is -2.30. The van der Waals surface area contributed by atoms with E-state index in [1.807, 2.05) is 6.92 Å². The van der Waals surface area contributed by atoms with Gasteiger partial charge < -0.3 is 10.2 Å². The summed E-state index contributed by atoms with van der Waals surface area (Å²) < 4.78 is 29.3. The van der Waals surface area contributed by atoms with Crippen LogP contribution < -0.4 is 14.9 Å². The lowest BCUT2D eigenvalue weighted by atomic mass is 10.1. The molecule has 0 unspecified atom stereocenters. The Morgan fingerprint density at radius 3 is 2.47 bits per heavy atom. The fraction of sp³-hybridized carbons (Fsp3) is 0.409. The Morgan fingerprint density at radius 1 is 1.10 bits per heavy atom. The van der Waals surface area contributed by atoms with Gasteiger partial charge >= 0.3 is 0 Å². The first-order valence-corrected chi connectivity index (χ1v) is 12.2. The zero-order valence-electron chi connectivity index (χ0n) is 16.9. The van der Waals surface area contributed by atoms with Crippen LogP contribution in [0, 0.1) is 11.8 Å². The van der Waals surface area contributed by atoms with Gasteiger partial charge in [0.05, 0.1) is 16.4 Å². The Kier molecular flexibility index (Phi) is 5.93. The van der Waals surface area contributed by atoms with E-state index in [9.17, 15) is 13.2 Å². The van der Waals surface area contributed by atoms with Gasteiger partial charge in [-0.05, 0) is 61.9 Å². The minimum Gasteiger partial charge on any atom is -0.370 e. The van der Waals surface area contributed by atoms with E-state index in [0.29, 0.717) is 28.0 Å². The van der Waals surface area contributed by atoms with Crippen molar-refractivity contribution in [2.24, 2.45) is 11.8 Å². The molecule has 8 heteroatoms. The Labute approximate surface area is 182 Å². The van der Waals surface area contributed by atoms with Crippen molar-refractivity contribution in [1.82, 2.24) is 0 Å². The number of sulfonamides is 1. The topological polar surface area (TPSA) is 78.5 Å². The van der Waals surface area contributed by atoms with Gasteiger partial charge in [-0.15, -0.1) is 0 Å². The van der Waals surface area contributed by atoms with Crippen molar-refractivity contribution in [2.45, 2.75) is 37.5 Å². The maximum absolute atomic E-state index is 13.3. The molecule has 0 aromatic heterocycles. The number of nitrogens with zero attached hydrogens (tertiary/aromatic N) is 1. The molecule has 2 aliphatic rings. The molecule has 1 aliphatic carbocycles. The van der Waals surface area contributed by atoms with Crippen LogP contribution >= 0.6 is 11.6 Å². The minimum atomic E-state index is -3.92. The lowest BCUT2D eigenvalue weighted by molar-refractivity contribution is -0.117. The number of hydrogen-bond acceptors (Lipinski definition) is 4. The SMILES string of the molecule is C[C@@H]1C[C@@H]1C(=O)Nc1ccc(N2CCCCC2)c(S(=O)(=O)Nc2ccccc2Cl)c1. The number of carbonyl (C=O) groups is 1. The quantitative estimate of drug-likeness (QED) is 0.671. The normalized spacial score (nSPS) is 21.2. The summed E-state index contributed by atoms with van der Waals surface area (Å²) >= 11 is 6.17. The zero-order valence-corrected chi connectivity index (χ0v) is 18.5. The van der Waals surface area contributed by atoms with Crippen LogP contribution in [-0.4, -0.2) is 27.4 Å². The Bertz CT molecular complexity index is 1050. The van der Waals surface area contributed by atoms with Crippen molar-refractivity contribution in [3.63, 3.8) is 0 Å². The van der Waals surface area contributed by atoms with Crippen LogP contribution in [0.15, 0.2) is 47.4 Å². The van der Waals surface area contributed by atoms with E-state index in [2.05, 4.69) is 14.9 Å². The number of hydrogen-bond donors (Lipinski definition) is 2. The number of nitrogens with one attached hydrogen (secondary N) is 2. The predicted molar refractivity (Wildman–Crippen MR) is 121 cm³/mol. The van der Waals surface area contributed by atoms with Crippen LogP contribution in [0.5, 0.6) is 0 Å². The van der Waals surface area contributed by atoms with E-state index in [0.717, 1.165) is 38.8 Å². The molecule has 0 spiro atoms. The first kappa shape index (κ1) is 21.0. The van der Waals surface area contributed by atoms with E-state index < -0.39 is 10.0 Å².